The lowest BCUT2D eigenvalue weighted by Gasteiger charge is -2.37. The maximum absolute atomic E-state index is 15.3. The van der Waals surface area contributed by atoms with Gasteiger partial charge in [0.05, 0.1) is 83.0 Å². The van der Waals surface area contributed by atoms with Crippen molar-refractivity contribution in [1.82, 2.24) is 77.7 Å². The molecule has 16 heterocycles. The molecular formula is C86H102Cl2F2N16O13. The monoisotopic (exact) mass is 1670 g/mol. The highest BCUT2D eigenvalue weighted by Crippen LogP contribution is 2.45. The van der Waals surface area contributed by atoms with E-state index in [-0.39, 0.29) is 154 Å². The Labute approximate surface area is 698 Å². The van der Waals surface area contributed by atoms with Crippen LogP contribution in [0.4, 0.5) is 37.5 Å². The highest BCUT2D eigenvalue weighted by molar-refractivity contribution is 6.63. The summed E-state index contributed by atoms with van der Waals surface area (Å²) in [6, 6.07) is 17.9. The first-order valence-electron chi connectivity index (χ1n) is 39.8. The number of carbonyl (C=O) groups is 10. The zero-order valence-electron chi connectivity index (χ0n) is 66.6. The molecule has 20 rings (SSSR count). The van der Waals surface area contributed by atoms with E-state index >= 15 is 8.78 Å². The average Bonchev–Trinajstić information content (AvgIpc) is 1.58. The van der Waals surface area contributed by atoms with Crippen LogP contribution in [0.1, 0.15) is 149 Å². The molecule has 0 spiro atoms. The summed E-state index contributed by atoms with van der Waals surface area (Å²) >= 11 is 5.46. The van der Waals surface area contributed by atoms with Crippen molar-refractivity contribution < 1.29 is 70.9 Å². The van der Waals surface area contributed by atoms with Crippen LogP contribution in [0, 0.1) is 11.6 Å². The van der Waals surface area contributed by atoms with Gasteiger partial charge in [-0.1, -0.05) is 27.0 Å². The van der Waals surface area contributed by atoms with E-state index in [2.05, 4.69) is 20.6 Å². The van der Waals surface area contributed by atoms with Gasteiger partial charge >= 0.3 is 35.7 Å². The van der Waals surface area contributed by atoms with E-state index in [9.17, 15) is 47.9 Å². The standard InChI is InChI=1S/C34H33FN6O5.C29H25FN6O3.C11H17ClN2O3.C10H18N2O2.2CH4.ClH/c1-34(2,3)46-33(45)41-17-21-12-22(41)16-40(21)32(44)38-9-8-37-18-24(23-11-20(35)10-19(15-38)31(23)37)29-26(42)13-27(43)30(29)25-14-36-28-6-4-5-7-39(25)28;30-17-7-16-13-34(29(39)36-14-18-9-19(36)11-31-18)6-5-33-15-21(20(8-17)28(16)33)26-23(37)10-24(38)27(26)22-12-32-25-3-1-2-4-35(22)25;1-11(2,3)17-10(16)14-6-7-4-8(14)5-13(7)9(12)15;1-10(2,3)14-9(13)12-6-7-4-8(12)5-11-7;;;/h4-7,10-11,14,18,21-22H,8-9,12-13,15-17H2,1-3H3;1-4,7-8,12,15,18-19,31H,5-6,9-11,13-14H2;7-8H,4-6H2,1-3H3;7-8,11H,4-6H2,1-3H3;2*1H4;1H. The number of ether oxygens (including phenoxy) is 3. The van der Waals surface area contributed by atoms with E-state index in [0.717, 1.165) is 49.9 Å². The number of fused-ring (bicyclic) bond motifs is 10. The maximum atomic E-state index is 15.3. The Morgan fingerprint density at radius 1 is 0.462 bits per heavy atom. The van der Waals surface area contributed by atoms with Gasteiger partial charge in [0.15, 0.2) is 23.1 Å². The SMILES string of the molecule is C.C.CC(C)(C)OC(=O)N1CC2CC1CN2.CC(C)(C)OC(=O)N1CC2CC1CN2C(=O)Cl.CC(C)(C)OC(=O)N1CC2CC1CN2C(=O)N1CCn2cc(C3=C(c4cnc5ccccn45)C(=O)CC3=O)c3cc(F)cc(c32)C1.Cl.O=C1CC(=O)C(c2cnc3ccccn23)=C1c1cn2c3c(cc(F)cc13)CN(C(=O)N1CC3CC1CN3)CC2. The summed E-state index contributed by atoms with van der Waals surface area (Å²) in [7, 11) is 0. The predicted molar refractivity (Wildman–Crippen MR) is 444 cm³/mol. The zero-order chi connectivity index (χ0) is 81.6. The van der Waals surface area contributed by atoms with Crippen LogP contribution in [0.25, 0.3) is 55.4 Å². The van der Waals surface area contributed by atoms with E-state index in [1.807, 2.05) is 141 Å². The highest BCUT2D eigenvalue weighted by Gasteiger charge is 2.52. The Bertz CT molecular complexity index is 5550. The summed E-state index contributed by atoms with van der Waals surface area (Å²) in [5.74, 6) is -2.08. The summed E-state index contributed by atoms with van der Waals surface area (Å²) in [5, 5.41) is 7.46. The molecule has 8 aromatic rings. The largest absolute Gasteiger partial charge is 0.444 e. The number of ketones is 4. The van der Waals surface area contributed by atoms with Crippen molar-refractivity contribution in [3.8, 4) is 0 Å². The van der Waals surface area contributed by atoms with Gasteiger partial charge in [-0.3, -0.25) is 32.8 Å². The van der Waals surface area contributed by atoms with E-state index < -0.39 is 28.2 Å². The second-order valence-electron chi connectivity index (χ2n) is 35.2. The van der Waals surface area contributed by atoms with Gasteiger partial charge in [0.1, 0.15) is 39.7 Å². The van der Waals surface area contributed by atoms with Gasteiger partial charge in [-0.05, 0) is 159 Å². The van der Waals surface area contributed by atoms with Gasteiger partial charge in [-0.25, -0.2) is 42.7 Å². The number of amides is 8. The summed E-state index contributed by atoms with van der Waals surface area (Å²) in [6.45, 7) is 24.1. The van der Waals surface area contributed by atoms with Crippen molar-refractivity contribution in [3.05, 3.63) is 143 Å². The minimum Gasteiger partial charge on any atom is -0.444 e. The summed E-state index contributed by atoms with van der Waals surface area (Å²) in [6.07, 6.45) is 12.7. The number of rotatable bonds is 4. The molecule has 632 valence electrons. The lowest BCUT2D eigenvalue weighted by Crippen LogP contribution is -2.54. The highest BCUT2D eigenvalue weighted by atomic mass is 35.5. The second kappa shape index (κ2) is 32.1. The number of halogens is 4. The molecule has 8 unspecified atom stereocenters. The van der Waals surface area contributed by atoms with Gasteiger partial charge in [0, 0.05) is 174 Å². The van der Waals surface area contributed by atoms with Crippen LogP contribution in [0.2, 0.25) is 0 Å². The first-order valence-corrected chi connectivity index (χ1v) is 40.2. The molecule has 0 radical (unpaired) electrons. The molecule has 2 N–H and O–H groups in total. The Hall–Kier alpha value is -10.8. The molecule has 2 aromatic carbocycles. The minimum atomic E-state index is -0.597. The average molecular weight is 1680 g/mol. The molecule has 12 aliphatic rings. The number of urea groups is 2. The normalized spacial score (nSPS) is 23.3. The number of hydrogen-bond donors (Lipinski definition) is 2. The first-order chi connectivity index (χ1) is 55.2. The molecule has 8 atom stereocenters. The van der Waals surface area contributed by atoms with E-state index in [4.69, 9.17) is 25.8 Å². The molecule has 33 heteroatoms. The van der Waals surface area contributed by atoms with Crippen molar-refractivity contribution in [1.29, 1.82) is 0 Å². The molecular weight excluding hydrogens is 1570 g/mol. The molecule has 10 aliphatic heterocycles. The van der Waals surface area contributed by atoms with E-state index in [1.54, 1.807) is 51.9 Å². The number of aromatic nitrogens is 6. The van der Waals surface area contributed by atoms with Gasteiger partial charge in [-0.2, -0.15) is 0 Å². The number of nitrogens with zero attached hydrogens (tertiary/aromatic N) is 14. The molecule has 2 aliphatic carbocycles. The number of imidazole rings is 2. The van der Waals surface area contributed by atoms with Gasteiger partial charge < -0.3 is 73.2 Å². The molecule has 8 bridgehead atoms. The molecule has 119 heavy (non-hydrogen) atoms. The lowest BCUT2D eigenvalue weighted by atomic mass is 9.98. The van der Waals surface area contributed by atoms with Gasteiger partial charge in [0.2, 0.25) is 0 Å². The smallest absolute Gasteiger partial charge is 0.410 e. The topological polar surface area (TPSA) is 293 Å². The fourth-order valence-corrected chi connectivity index (χ4v) is 19.2. The maximum Gasteiger partial charge on any atom is 0.410 e. The van der Waals surface area contributed by atoms with Crippen LogP contribution in [0.5, 0.6) is 0 Å². The summed E-state index contributed by atoms with van der Waals surface area (Å²) < 4.78 is 54.2. The number of piperazine rings is 4. The third kappa shape index (κ3) is 16.0. The third-order valence-electron chi connectivity index (χ3n) is 23.9. The lowest BCUT2D eigenvalue weighted by molar-refractivity contribution is -0.121. The molecule has 29 nitrogen and oxygen atoms in total. The fourth-order valence-electron chi connectivity index (χ4n) is 19.0. The van der Waals surface area contributed by atoms with Crippen LogP contribution in [0.15, 0.2) is 97.8 Å². The summed E-state index contributed by atoms with van der Waals surface area (Å²) in [4.78, 5) is 151. The van der Waals surface area contributed by atoms with Crippen LogP contribution < -0.4 is 10.6 Å². The fraction of sp³-hybridized carbons (Fsp3) is 0.488. The Balaban J connectivity index is 0.000000143. The van der Waals surface area contributed by atoms with E-state index in [1.165, 1.54) is 24.3 Å². The molecule has 6 aromatic heterocycles. The van der Waals surface area contributed by atoms with Crippen molar-refractivity contribution in [2.75, 3.05) is 65.4 Å². The van der Waals surface area contributed by atoms with Crippen molar-refractivity contribution in [2.45, 2.75) is 207 Å². The molecule has 8 fully saturated rings. The van der Waals surface area contributed by atoms with E-state index in [0.29, 0.717) is 150 Å². The quantitative estimate of drug-likeness (QED) is 0.0716. The van der Waals surface area contributed by atoms with Crippen LogP contribution in [-0.4, -0.2) is 257 Å². The molecule has 8 amide bonds. The number of allylic oxidation sites excluding steroid dienone is 4. The van der Waals surface area contributed by atoms with Crippen molar-refractivity contribution in [2.24, 2.45) is 0 Å². The zero-order valence-corrected chi connectivity index (χ0v) is 68.2. The van der Waals surface area contributed by atoms with Crippen LogP contribution >= 0.6 is 24.0 Å². The first kappa shape index (κ1) is 84.7. The number of benzene rings is 2. The molecule has 8 saturated heterocycles. The Morgan fingerprint density at radius 3 is 1.18 bits per heavy atom. The number of carbonyl (C=O) groups excluding carboxylic acids is 10. The van der Waals surface area contributed by atoms with Crippen LogP contribution in [-0.2, 0) is 59.6 Å². The minimum absolute atomic E-state index is 0. The predicted octanol–water partition coefficient (Wildman–Crippen LogP) is 12.1. The summed E-state index contributed by atoms with van der Waals surface area (Å²) in [5.41, 5.74) is 6.00. The van der Waals surface area contributed by atoms with Gasteiger partial charge in [0.25, 0.3) is 0 Å². The van der Waals surface area contributed by atoms with Crippen molar-refractivity contribution in [3.63, 3.8) is 0 Å². The number of Topliss-reactive ketones (excluding diaryl/α,β-unsaturated/α-hetero) is 4. The number of pyridine rings is 2. The number of nitrogens with one attached hydrogen (secondary N) is 2. The Morgan fingerprint density at radius 2 is 0.824 bits per heavy atom. The third-order valence-corrected chi connectivity index (χ3v) is 24.1. The molecule has 0 saturated carbocycles. The Kier molecular flexibility index (Phi) is 22.8. The van der Waals surface area contributed by atoms with Gasteiger partial charge in [-0.15, -0.1) is 12.4 Å². The second-order valence-corrected chi connectivity index (χ2v) is 35.5. The number of likely N-dealkylation sites (tertiary alicyclic amines) is 6. The van der Waals surface area contributed by atoms with Crippen LogP contribution in [0.3, 0.4) is 0 Å². The number of hydrogen-bond acceptors (Lipinski definition) is 17. The van der Waals surface area contributed by atoms with Crippen molar-refractivity contribution >= 4 is 138 Å².